The summed E-state index contributed by atoms with van der Waals surface area (Å²) in [6.07, 6.45) is -0.643. The van der Waals surface area contributed by atoms with Gasteiger partial charge < -0.3 is 26.8 Å². The fraction of sp³-hybridized carbons (Fsp3) is 0.467. The highest BCUT2D eigenvalue weighted by Gasteiger charge is 2.33. The predicted octanol–water partition coefficient (Wildman–Crippen LogP) is 0.392. The van der Waals surface area contributed by atoms with E-state index in [9.17, 15) is 19.0 Å². The summed E-state index contributed by atoms with van der Waals surface area (Å²) in [6.45, 7) is 1.31. The number of hydrogen-bond acceptors (Lipinski definition) is 6. The third-order valence-corrected chi connectivity index (χ3v) is 6.73. The molecule has 0 spiro atoms. The van der Waals surface area contributed by atoms with E-state index in [2.05, 4.69) is 5.32 Å². The minimum atomic E-state index is -3.89. The molecule has 0 aromatic heterocycles. The second kappa shape index (κ2) is 9.94. The molecule has 3 unspecified atom stereocenters. The largest absolute Gasteiger partial charge is 0.480 e. The molecule has 8 nitrogen and oxygen atoms in total. The third kappa shape index (κ3) is 7.58. The molecule has 140 valence electrons. The number of rotatable bonds is 10. The van der Waals surface area contributed by atoms with Gasteiger partial charge in [0.1, 0.15) is 6.04 Å². The van der Waals surface area contributed by atoms with Crippen molar-refractivity contribution in [2.24, 2.45) is 11.5 Å². The Morgan fingerprint density at radius 3 is 2.40 bits per heavy atom. The van der Waals surface area contributed by atoms with Crippen LogP contribution in [0.1, 0.15) is 12.5 Å². The normalized spacial score (nSPS) is 17.1. The number of carbonyl (C=O) groups excluding carboxylic acids is 1. The van der Waals surface area contributed by atoms with Gasteiger partial charge in [0.15, 0.2) is 0 Å². The lowest BCUT2D eigenvalue weighted by molar-refractivity contribution is -0.141. The highest BCUT2D eigenvalue weighted by molar-refractivity contribution is 7.98. The minimum absolute atomic E-state index is 0.289. The van der Waals surface area contributed by atoms with Crippen molar-refractivity contribution in [3.63, 3.8) is 0 Å². The third-order valence-electron chi connectivity index (χ3n) is 3.44. The lowest BCUT2D eigenvalue weighted by atomic mass is 10.2. The molecule has 1 aromatic rings. The number of carboxylic acids is 1. The van der Waals surface area contributed by atoms with E-state index in [4.69, 9.17) is 16.6 Å². The first-order chi connectivity index (χ1) is 11.6. The SMILES string of the molecule is CC(N)P(=O)(O)CC(NC(=O)[C@@H](N)CSCc1ccccc1)C(=O)O. The van der Waals surface area contributed by atoms with Crippen LogP contribution in [0.5, 0.6) is 0 Å². The number of thioether (sulfide) groups is 1. The average molecular weight is 389 g/mol. The van der Waals surface area contributed by atoms with Crippen molar-refractivity contribution in [1.82, 2.24) is 5.32 Å². The summed E-state index contributed by atoms with van der Waals surface area (Å²) in [7, 11) is -3.89. The van der Waals surface area contributed by atoms with Gasteiger partial charge in [-0.25, -0.2) is 4.79 Å². The maximum absolute atomic E-state index is 12.0. The van der Waals surface area contributed by atoms with Gasteiger partial charge in [0.25, 0.3) is 0 Å². The van der Waals surface area contributed by atoms with Crippen molar-refractivity contribution in [3.05, 3.63) is 35.9 Å². The number of hydrogen-bond donors (Lipinski definition) is 5. The maximum Gasteiger partial charge on any atom is 0.326 e. The quantitative estimate of drug-likeness (QED) is 0.360. The fourth-order valence-electron chi connectivity index (χ4n) is 1.85. The molecule has 0 aliphatic carbocycles. The summed E-state index contributed by atoms with van der Waals surface area (Å²) in [6, 6.07) is 7.18. The Morgan fingerprint density at radius 1 is 1.28 bits per heavy atom. The zero-order valence-corrected chi connectivity index (χ0v) is 15.6. The molecule has 0 heterocycles. The molecule has 0 aliphatic rings. The van der Waals surface area contributed by atoms with Crippen LogP contribution in [0, 0.1) is 0 Å². The van der Waals surface area contributed by atoms with Gasteiger partial charge in [0, 0.05) is 11.5 Å². The Balaban J connectivity index is 2.52. The Hall–Kier alpha value is -1.38. The molecule has 10 heteroatoms. The molecule has 4 atom stereocenters. The van der Waals surface area contributed by atoms with Crippen LogP contribution in [0.3, 0.4) is 0 Å². The van der Waals surface area contributed by atoms with E-state index in [1.165, 1.54) is 18.7 Å². The van der Waals surface area contributed by atoms with E-state index < -0.39 is 43.3 Å². The second-order valence-corrected chi connectivity index (χ2v) is 9.41. The lowest BCUT2D eigenvalue weighted by Crippen LogP contribution is -2.51. The Labute approximate surface area is 150 Å². The monoisotopic (exact) mass is 389 g/mol. The Kier molecular flexibility index (Phi) is 8.61. The predicted molar refractivity (Wildman–Crippen MR) is 98.5 cm³/mol. The number of carbonyl (C=O) groups is 2. The minimum Gasteiger partial charge on any atom is -0.480 e. The number of carboxylic acid groups (broad SMARTS) is 1. The van der Waals surface area contributed by atoms with E-state index in [1.54, 1.807) is 0 Å². The summed E-state index contributed by atoms with van der Waals surface area (Å²) in [5.74, 6) is -2.22. The summed E-state index contributed by atoms with van der Waals surface area (Å²) >= 11 is 1.44. The molecule has 0 radical (unpaired) electrons. The summed E-state index contributed by atoms with van der Waals surface area (Å²) in [5.41, 5.74) is 12.2. The van der Waals surface area contributed by atoms with Gasteiger partial charge in [0.05, 0.1) is 18.0 Å². The molecular formula is C15H24N3O5PS. The van der Waals surface area contributed by atoms with Crippen molar-refractivity contribution in [1.29, 1.82) is 0 Å². The first-order valence-corrected chi connectivity index (χ1v) is 10.7. The lowest BCUT2D eigenvalue weighted by Gasteiger charge is -2.22. The second-order valence-electron chi connectivity index (χ2n) is 5.69. The highest BCUT2D eigenvalue weighted by Crippen LogP contribution is 2.44. The molecular weight excluding hydrogens is 365 g/mol. The molecule has 0 aliphatic heterocycles. The van der Waals surface area contributed by atoms with Crippen LogP contribution in [0.4, 0.5) is 0 Å². The summed E-state index contributed by atoms with van der Waals surface area (Å²) in [4.78, 5) is 33.0. The van der Waals surface area contributed by atoms with Gasteiger partial charge in [-0.15, -0.1) is 0 Å². The van der Waals surface area contributed by atoms with Crippen molar-refractivity contribution >= 4 is 31.0 Å². The van der Waals surface area contributed by atoms with Gasteiger partial charge in [0.2, 0.25) is 13.3 Å². The van der Waals surface area contributed by atoms with E-state index in [0.29, 0.717) is 5.75 Å². The van der Waals surface area contributed by atoms with Crippen molar-refractivity contribution in [2.75, 3.05) is 11.9 Å². The molecule has 7 N–H and O–H groups in total. The fourth-order valence-corrected chi connectivity index (χ4v) is 3.90. The van der Waals surface area contributed by atoms with E-state index in [0.717, 1.165) is 5.56 Å². The van der Waals surface area contributed by atoms with Gasteiger partial charge in [-0.2, -0.15) is 11.8 Å². The van der Waals surface area contributed by atoms with Crippen LogP contribution in [0.15, 0.2) is 30.3 Å². The molecule has 0 saturated heterocycles. The Morgan fingerprint density at radius 2 is 1.88 bits per heavy atom. The molecule has 1 amide bonds. The molecule has 1 rings (SSSR count). The van der Waals surface area contributed by atoms with Crippen LogP contribution in [-0.4, -0.2) is 51.7 Å². The van der Waals surface area contributed by atoms with Gasteiger partial charge >= 0.3 is 5.97 Å². The van der Waals surface area contributed by atoms with E-state index >= 15 is 0 Å². The highest BCUT2D eigenvalue weighted by atomic mass is 32.2. The average Bonchev–Trinajstić information content (AvgIpc) is 2.54. The van der Waals surface area contributed by atoms with Crippen molar-refractivity contribution in [3.8, 4) is 0 Å². The standard InChI is InChI=1S/C15H24N3O5PS/c1-10(16)24(22,23)7-13(15(20)21)18-14(19)12(17)9-25-8-11-5-3-2-4-6-11/h2-6,10,12-13H,7-9,16-17H2,1H3,(H,18,19)(H,20,21)(H,22,23)/t10?,12-,13?/m0/s1. The maximum atomic E-state index is 12.0. The van der Waals surface area contributed by atoms with Crippen molar-refractivity contribution in [2.45, 2.75) is 30.5 Å². The smallest absolute Gasteiger partial charge is 0.326 e. The molecule has 0 saturated carbocycles. The zero-order chi connectivity index (χ0) is 19.0. The molecule has 0 fully saturated rings. The van der Waals surface area contributed by atoms with Gasteiger partial charge in [-0.1, -0.05) is 30.3 Å². The number of benzene rings is 1. The zero-order valence-electron chi connectivity index (χ0n) is 13.9. The van der Waals surface area contributed by atoms with Crippen LogP contribution in [0.25, 0.3) is 0 Å². The number of nitrogens with one attached hydrogen (secondary N) is 1. The molecule has 25 heavy (non-hydrogen) atoms. The van der Waals surface area contributed by atoms with Crippen molar-refractivity contribution < 1.29 is 24.2 Å². The first-order valence-electron chi connectivity index (χ1n) is 7.61. The van der Waals surface area contributed by atoms with Gasteiger partial charge in [-0.3, -0.25) is 9.36 Å². The van der Waals surface area contributed by atoms with Crippen LogP contribution in [0.2, 0.25) is 0 Å². The summed E-state index contributed by atoms with van der Waals surface area (Å²) in [5, 5.41) is 11.4. The van der Waals surface area contributed by atoms with Crippen LogP contribution < -0.4 is 16.8 Å². The van der Waals surface area contributed by atoms with E-state index in [-0.39, 0.29) is 5.75 Å². The van der Waals surface area contributed by atoms with Gasteiger partial charge in [-0.05, 0) is 12.5 Å². The Bertz CT molecular complexity index is 629. The molecule has 1 aromatic carbocycles. The topological polar surface area (TPSA) is 156 Å². The van der Waals surface area contributed by atoms with Crippen LogP contribution >= 0.6 is 19.1 Å². The number of aliphatic carboxylic acids is 1. The first kappa shape index (κ1) is 21.7. The summed E-state index contributed by atoms with van der Waals surface area (Å²) < 4.78 is 11.9. The van der Waals surface area contributed by atoms with E-state index in [1.807, 2.05) is 30.3 Å². The number of amides is 1. The number of nitrogens with two attached hydrogens (primary N) is 2. The van der Waals surface area contributed by atoms with Crippen LogP contribution in [-0.2, 0) is 19.9 Å². The molecule has 0 bridgehead atoms.